The molecule has 28 heavy (non-hydrogen) atoms. The minimum atomic E-state index is -0.269. The lowest BCUT2D eigenvalue weighted by Crippen LogP contribution is -2.37. The second kappa shape index (κ2) is 8.65. The fourth-order valence-electron chi connectivity index (χ4n) is 3.34. The van der Waals surface area contributed by atoms with E-state index in [4.69, 9.17) is 14.6 Å². The van der Waals surface area contributed by atoms with Gasteiger partial charge in [-0.25, -0.2) is 9.07 Å². The SMILES string of the molecule is Cc1cccc(-n2cc(CNC[C@@H]3COCCO3)c(-c3cccc(F)c3)n2)c1. The van der Waals surface area contributed by atoms with Crippen LogP contribution in [-0.4, -0.2) is 42.2 Å². The van der Waals surface area contributed by atoms with E-state index in [0.29, 0.717) is 32.9 Å². The van der Waals surface area contributed by atoms with E-state index < -0.39 is 0 Å². The summed E-state index contributed by atoms with van der Waals surface area (Å²) in [5.74, 6) is -0.269. The van der Waals surface area contributed by atoms with Crippen LogP contribution < -0.4 is 5.32 Å². The Balaban J connectivity index is 1.59. The van der Waals surface area contributed by atoms with Crippen LogP contribution in [-0.2, 0) is 16.0 Å². The van der Waals surface area contributed by atoms with Crippen LogP contribution in [0.5, 0.6) is 0 Å². The largest absolute Gasteiger partial charge is 0.376 e. The smallest absolute Gasteiger partial charge is 0.123 e. The van der Waals surface area contributed by atoms with Crippen LogP contribution in [0.1, 0.15) is 11.1 Å². The second-order valence-corrected chi connectivity index (χ2v) is 7.00. The van der Waals surface area contributed by atoms with Gasteiger partial charge in [-0.3, -0.25) is 0 Å². The second-order valence-electron chi connectivity index (χ2n) is 7.00. The fraction of sp³-hybridized carbons (Fsp3) is 0.318. The van der Waals surface area contributed by atoms with Crippen LogP contribution in [0.15, 0.2) is 54.7 Å². The molecule has 1 aliphatic heterocycles. The van der Waals surface area contributed by atoms with Crippen LogP contribution in [0.2, 0.25) is 0 Å². The van der Waals surface area contributed by atoms with Gasteiger partial charge in [-0.2, -0.15) is 5.10 Å². The van der Waals surface area contributed by atoms with Gasteiger partial charge in [0, 0.05) is 30.4 Å². The first kappa shape index (κ1) is 18.8. The highest BCUT2D eigenvalue weighted by Crippen LogP contribution is 2.24. The number of ether oxygens (including phenoxy) is 2. The third-order valence-corrected chi connectivity index (χ3v) is 4.73. The van der Waals surface area contributed by atoms with Crippen LogP contribution in [0.25, 0.3) is 16.9 Å². The zero-order chi connectivity index (χ0) is 19.3. The Morgan fingerprint density at radius 1 is 1.18 bits per heavy atom. The molecular formula is C22H24FN3O2. The van der Waals surface area contributed by atoms with Gasteiger partial charge in [0.25, 0.3) is 0 Å². The van der Waals surface area contributed by atoms with Crippen molar-refractivity contribution in [3.8, 4) is 16.9 Å². The molecule has 0 amide bonds. The van der Waals surface area contributed by atoms with E-state index in [1.807, 2.05) is 29.1 Å². The van der Waals surface area contributed by atoms with Crippen molar-refractivity contribution in [2.45, 2.75) is 19.6 Å². The van der Waals surface area contributed by atoms with Crippen LogP contribution in [0, 0.1) is 12.7 Å². The Morgan fingerprint density at radius 3 is 2.86 bits per heavy atom. The van der Waals surface area contributed by atoms with Crippen LogP contribution >= 0.6 is 0 Å². The summed E-state index contributed by atoms with van der Waals surface area (Å²) in [7, 11) is 0. The van der Waals surface area contributed by atoms with Crippen molar-refractivity contribution in [1.29, 1.82) is 0 Å². The molecular weight excluding hydrogens is 357 g/mol. The van der Waals surface area contributed by atoms with Gasteiger partial charge in [-0.15, -0.1) is 0 Å². The molecule has 2 heterocycles. The first-order valence-electron chi connectivity index (χ1n) is 9.50. The van der Waals surface area contributed by atoms with Gasteiger partial charge in [0.05, 0.1) is 37.3 Å². The molecule has 1 aliphatic rings. The summed E-state index contributed by atoms with van der Waals surface area (Å²) in [6.07, 6.45) is 2.05. The van der Waals surface area contributed by atoms with E-state index in [1.54, 1.807) is 6.07 Å². The summed E-state index contributed by atoms with van der Waals surface area (Å²) in [5, 5.41) is 8.17. The first-order chi connectivity index (χ1) is 13.7. The number of halogens is 1. The Morgan fingerprint density at radius 2 is 2.07 bits per heavy atom. The van der Waals surface area contributed by atoms with Crippen LogP contribution in [0.4, 0.5) is 4.39 Å². The van der Waals surface area contributed by atoms with Gasteiger partial charge < -0.3 is 14.8 Å². The summed E-state index contributed by atoms with van der Waals surface area (Å²) in [6, 6.07) is 14.7. The molecule has 5 nitrogen and oxygen atoms in total. The van der Waals surface area contributed by atoms with Gasteiger partial charge >= 0.3 is 0 Å². The molecule has 1 atom stereocenters. The van der Waals surface area contributed by atoms with E-state index in [-0.39, 0.29) is 11.9 Å². The zero-order valence-electron chi connectivity index (χ0n) is 15.9. The number of hydrogen-bond donors (Lipinski definition) is 1. The maximum atomic E-state index is 13.8. The van der Waals surface area contributed by atoms with Gasteiger partial charge in [-0.1, -0.05) is 24.3 Å². The van der Waals surface area contributed by atoms with E-state index in [2.05, 4.69) is 24.4 Å². The molecule has 4 rings (SSSR count). The van der Waals surface area contributed by atoms with Crippen molar-refractivity contribution in [2.75, 3.05) is 26.4 Å². The summed E-state index contributed by atoms with van der Waals surface area (Å²) < 4.78 is 26.8. The third-order valence-electron chi connectivity index (χ3n) is 4.73. The number of aryl methyl sites for hydroxylation is 1. The van der Waals surface area contributed by atoms with Crippen molar-refractivity contribution in [3.63, 3.8) is 0 Å². The number of nitrogens with zero attached hydrogens (tertiary/aromatic N) is 2. The minimum absolute atomic E-state index is 0.0539. The molecule has 0 spiro atoms. The topological polar surface area (TPSA) is 48.3 Å². The van der Waals surface area contributed by atoms with E-state index in [0.717, 1.165) is 28.1 Å². The Hall–Kier alpha value is -2.54. The molecule has 146 valence electrons. The lowest BCUT2D eigenvalue weighted by Gasteiger charge is -2.23. The average molecular weight is 381 g/mol. The standard InChI is InChI=1S/C22H24FN3O2/c1-16-4-2-7-20(10-16)26-14-18(12-24-13-21-15-27-8-9-28-21)22(25-26)17-5-3-6-19(23)11-17/h2-7,10-11,14,21,24H,8-9,12-13,15H2,1H3/t21-/m1/s1. The lowest BCUT2D eigenvalue weighted by atomic mass is 10.1. The molecule has 2 aromatic carbocycles. The Bertz CT molecular complexity index is 935. The highest BCUT2D eigenvalue weighted by molar-refractivity contribution is 5.63. The maximum absolute atomic E-state index is 13.8. The van der Waals surface area contributed by atoms with Gasteiger partial charge in [0.2, 0.25) is 0 Å². The number of aromatic nitrogens is 2. The highest BCUT2D eigenvalue weighted by atomic mass is 19.1. The maximum Gasteiger partial charge on any atom is 0.123 e. The van der Waals surface area contributed by atoms with E-state index in [9.17, 15) is 4.39 Å². The quantitative estimate of drug-likeness (QED) is 0.710. The molecule has 0 aliphatic carbocycles. The Kier molecular flexibility index (Phi) is 5.81. The number of nitrogens with one attached hydrogen (secondary N) is 1. The average Bonchev–Trinajstić information content (AvgIpc) is 3.13. The molecule has 1 saturated heterocycles. The van der Waals surface area contributed by atoms with Crippen molar-refractivity contribution >= 4 is 0 Å². The van der Waals surface area contributed by atoms with Crippen molar-refractivity contribution in [2.24, 2.45) is 0 Å². The molecule has 0 radical (unpaired) electrons. The molecule has 0 unspecified atom stereocenters. The predicted octanol–water partition coefficient (Wildman–Crippen LogP) is 3.49. The van der Waals surface area contributed by atoms with Gasteiger partial charge in [0.1, 0.15) is 5.82 Å². The monoisotopic (exact) mass is 381 g/mol. The summed E-state index contributed by atoms with van der Waals surface area (Å²) in [4.78, 5) is 0. The van der Waals surface area contributed by atoms with Gasteiger partial charge in [0.15, 0.2) is 0 Å². The van der Waals surface area contributed by atoms with Crippen molar-refractivity contribution in [3.05, 3.63) is 71.7 Å². The third kappa shape index (κ3) is 4.47. The summed E-state index contributed by atoms with van der Waals surface area (Å²) in [5.41, 5.74) is 4.68. The predicted molar refractivity (Wildman–Crippen MR) is 106 cm³/mol. The lowest BCUT2D eigenvalue weighted by molar-refractivity contribution is -0.0864. The van der Waals surface area contributed by atoms with Crippen molar-refractivity contribution < 1.29 is 13.9 Å². The molecule has 3 aromatic rings. The number of rotatable bonds is 6. The first-order valence-corrected chi connectivity index (χ1v) is 9.50. The van der Waals surface area contributed by atoms with E-state index in [1.165, 1.54) is 12.1 Å². The molecule has 1 N–H and O–H groups in total. The number of benzene rings is 2. The van der Waals surface area contributed by atoms with Gasteiger partial charge in [-0.05, 0) is 36.8 Å². The van der Waals surface area contributed by atoms with E-state index >= 15 is 0 Å². The molecule has 1 aromatic heterocycles. The molecule has 1 fully saturated rings. The highest BCUT2D eigenvalue weighted by Gasteiger charge is 2.16. The zero-order valence-corrected chi connectivity index (χ0v) is 15.9. The fourth-order valence-corrected chi connectivity index (χ4v) is 3.34. The van der Waals surface area contributed by atoms with Crippen molar-refractivity contribution in [1.82, 2.24) is 15.1 Å². The molecule has 0 bridgehead atoms. The summed E-state index contributed by atoms with van der Waals surface area (Å²) in [6.45, 7) is 5.24. The Labute approximate surface area is 164 Å². The van der Waals surface area contributed by atoms with Crippen LogP contribution in [0.3, 0.4) is 0 Å². The normalized spacial score (nSPS) is 17.0. The molecule has 0 saturated carbocycles. The number of hydrogen-bond acceptors (Lipinski definition) is 4. The summed E-state index contributed by atoms with van der Waals surface area (Å²) >= 11 is 0. The minimum Gasteiger partial charge on any atom is -0.376 e. The molecule has 6 heteroatoms.